The topological polar surface area (TPSA) is 50.3 Å². The van der Waals surface area contributed by atoms with Gasteiger partial charge in [-0.05, 0) is 31.0 Å². The van der Waals surface area contributed by atoms with Gasteiger partial charge in [0.15, 0.2) is 0 Å². The fraction of sp³-hybridized carbons (Fsp3) is 0.818. The number of halogens is 1. The number of nitrogens with one attached hydrogen (secondary N) is 1. The third kappa shape index (κ3) is 4.44. The number of methoxy groups -OCH3 is 1. The van der Waals surface area contributed by atoms with Gasteiger partial charge in [0.1, 0.15) is 5.01 Å². The zero-order chi connectivity index (χ0) is 12.8. The van der Waals surface area contributed by atoms with Crippen LogP contribution in [0, 0.1) is 0 Å². The lowest BCUT2D eigenvalue weighted by Gasteiger charge is -2.24. The van der Waals surface area contributed by atoms with E-state index in [2.05, 4.69) is 20.4 Å². The second kappa shape index (κ2) is 7.35. The molecule has 1 aromatic heterocycles. The van der Waals surface area contributed by atoms with E-state index >= 15 is 0 Å². The maximum Gasteiger partial charge on any atom is 0.207 e. The third-order valence-electron chi connectivity index (χ3n) is 3.05. The Morgan fingerprint density at radius 1 is 1.56 bits per heavy atom. The van der Waals surface area contributed by atoms with E-state index in [1.165, 1.54) is 24.2 Å². The van der Waals surface area contributed by atoms with Gasteiger partial charge in [-0.1, -0.05) is 11.3 Å². The van der Waals surface area contributed by atoms with Crippen molar-refractivity contribution in [2.75, 3.05) is 33.4 Å². The molecule has 0 spiro atoms. The first-order valence-corrected chi connectivity index (χ1v) is 7.40. The van der Waals surface area contributed by atoms with Crippen LogP contribution >= 0.6 is 22.9 Å². The van der Waals surface area contributed by atoms with Gasteiger partial charge in [-0.3, -0.25) is 4.90 Å². The maximum atomic E-state index is 5.81. The van der Waals surface area contributed by atoms with E-state index in [9.17, 15) is 0 Å². The van der Waals surface area contributed by atoms with Crippen LogP contribution in [0.15, 0.2) is 0 Å². The van der Waals surface area contributed by atoms with Crippen LogP contribution in [-0.4, -0.2) is 54.5 Å². The molecule has 2 heterocycles. The van der Waals surface area contributed by atoms with Gasteiger partial charge >= 0.3 is 0 Å². The summed E-state index contributed by atoms with van der Waals surface area (Å²) in [6, 6.07) is 0.588. The lowest BCUT2D eigenvalue weighted by atomic mass is 10.2. The second-order valence-electron chi connectivity index (χ2n) is 4.47. The fourth-order valence-corrected chi connectivity index (χ4v) is 3.08. The summed E-state index contributed by atoms with van der Waals surface area (Å²) in [6.45, 7) is 4.60. The summed E-state index contributed by atoms with van der Waals surface area (Å²) in [5.41, 5.74) is 0. The molecule has 1 atom stereocenters. The van der Waals surface area contributed by atoms with Crippen LogP contribution in [0.3, 0.4) is 0 Å². The molecule has 0 radical (unpaired) electrons. The van der Waals surface area contributed by atoms with Gasteiger partial charge in [0.25, 0.3) is 0 Å². The molecule has 1 aromatic rings. The molecule has 5 nitrogen and oxygen atoms in total. The number of rotatable bonds is 7. The van der Waals surface area contributed by atoms with E-state index in [0.29, 0.717) is 10.5 Å². The van der Waals surface area contributed by atoms with Crippen molar-refractivity contribution >= 4 is 22.9 Å². The summed E-state index contributed by atoms with van der Waals surface area (Å²) in [5.74, 6) is 0. The summed E-state index contributed by atoms with van der Waals surface area (Å²) in [5, 5.41) is 12.4. The zero-order valence-electron chi connectivity index (χ0n) is 10.6. The summed E-state index contributed by atoms with van der Waals surface area (Å²) < 4.78 is 5.67. The van der Waals surface area contributed by atoms with Gasteiger partial charge < -0.3 is 10.1 Å². The summed E-state index contributed by atoms with van der Waals surface area (Å²) in [4.78, 5) is 2.35. The first kappa shape index (κ1) is 14.1. The molecule has 0 saturated carbocycles. The largest absolute Gasteiger partial charge is 0.383 e. The molecule has 0 bridgehead atoms. The SMILES string of the molecule is COCCN(Cc1nnc(Cl)s1)CC1CCCN1. The Kier molecular flexibility index (Phi) is 5.78. The van der Waals surface area contributed by atoms with Gasteiger partial charge in [0.2, 0.25) is 4.47 Å². The molecule has 18 heavy (non-hydrogen) atoms. The predicted octanol–water partition coefficient (Wildman–Crippen LogP) is 1.39. The molecule has 0 amide bonds. The highest BCUT2D eigenvalue weighted by molar-refractivity contribution is 7.15. The molecule has 2 rings (SSSR count). The standard InChI is InChI=1S/C11H19ClN4OS/c1-17-6-5-16(7-9-3-2-4-13-9)8-10-14-15-11(12)18-10/h9,13H,2-8H2,1H3. The second-order valence-corrected chi connectivity index (χ2v) is 6.11. The van der Waals surface area contributed by atoms with Crippen molar-refractivity contribution in [2.45, 2.75) is 25.4 Å². The Morgan fingerprint density at radius 2 is 2.44 bits per heavy atom. The van der Waals surface area contributed by atoms with Gasteiger partial charge in [-0.2, -0.15) is 0 Å². The minimum atomic E-state index is 0.510. The zero-order valence-corrected chi connectivity index (χ0v) is 12.1. The van der Waals surface area contributed by atoms with Crippen LogP contribution in [0.25, 0.3) is 0 Å². The minimum absolute atomic E-state index is 0.510. The van der Waals surface area contributed by atoms with Crippen LogP contribution in [0.1, 0.15) is 17.8 Å². The molecule has 1 saturated heterocycles. The van der Waals surface area contributed by atoms with E-state index in [1.54, 1.807) is 7.11 Å². The Labute approximate surface area is 116 Å². The van der Waals surface area contributed by atoms with E-state index in [1.807, 2.05) is 0 Å². The highest BCUT2D eigenvalue weighted by atomic mass is 35.5. The van der Waals surface area contributed by atoms with E-state index in [-0.39, 0.29) is 0 Å². The van der Waals surface area contributed by atoms with Crippen LogP contribution in [-0.2, 0) is 11.3 Å². The summed E-state index contributed by atoms with van der Waals surface area (Å²) >= 11 is 7.26. The van der Waals surface area contributed by atoms with Crippen LogP contribution in [0.5, 0.6) is 0 Å². The minimum Gasteiger partial charge on any atom is -0.383 e. The molecular weight excluding hydrogens is 272 g/mol. The maximum absolute atomic E-state index is 5.81. The van der Waals surface area contributed by atoms with Crippen molar-refractivity contribution in [3.8, 4) is 0 Å². The Hall–Kier alpha value is -0.270. The first-order valence-electron chi connectivity index (χ1n) is 6.20. The van der Waals surface area contributed by atoms with Gasteiger partial charge in [0.05, 0.1) is 13.2 Å². The lowest BCUT2D eigenvalue weighted by Crippen LogP contribution is -2.38. The van der Waals surface area contributed by atoms with E-state index < -0.39 is 0 Å². The quantitative estimate of drug-likeness (QED) is 0.822. The highest BCUT2D eigenvalue weighted by Gasteiger charge is 2.18. The molecule has 1 N–H and O–H groups in total. The monoisotopic (exact) mass is 290 g/mol. The number of aromatic nitrogens is 2. The molecule has 102 valence electrons. The molecule has 7 heteroatoms. The van der Waals surface area contributed by atoms with Crippen molar-refractivity contribution in [2.24, 2.45) is 0 Å². The smallest absolute Gasteiger partial charge is 0.207 e. The molecule has 0 aliphatic carbocycles. The van der Waals surface area contributed by atoms with Crippen molar-refractivity contribution in [1.29, 1.82) is 0 Å². The number of ether oxygens (including phenoxy) is 1. The van der Waals surface area contributed by atoms with Crippen LogP contribution in [0.4, 0.5) is 0 Å². The van der Waals surface area contributed by atoms with Crippen LogP contribution in [0.2, 0.25) is 4.47 Å². The normalized spacial score (nSPS) is 19.8. The van der Waals surface area contributed by atoms with Crippen LogP contribution < -0.4 is 5.32 Å². The first-order chi connectivity index (χ1) is 8.78. The molecule has 1 aliphatic rings. The van der Waals surface area contributed by atoms with E-state index in [0.717, 1.165) is 37.8 Å². The fourth-order valence-electron chi connectivity index (χ4n) is 2.17. The third-order valence-corrected chi connectivity index (χ3v) is 4.06. The molecule has 1 aliphatic heterocycles. The molecular formula is C11H19ClN4OS. The number of nitrogens with zero attached hydrogens (tertiary/aromatic N) is 3. The Morgan fingerprint density at radius 3 is 3.06 bits per heavy atom. The highest BCUT2D eigenvalue weighted by Crippen LogP contribution is 2.17. The van der Waals surface area contributed by atoms with Crippen molar-refractivity contribution in [3.05, 3.63) is 9.47 Å². The van der Waals surface area contributed by atoms with Crippen molar-refractivity contribution < 1.29 is 4.74 Å². The Balaban J connectivity index is 1.86. The van der Waals surface area contributed by atoms with Crippen molar-refractivity contribution in [1.82, 2.24) is 20.4 Å². The number of hydrogen-bond donors (Lipinski definition) is 1. The summed E-state index contributed by atoms with van der Waals surface area (Å²) in [6.07, 6.45) is 2.52. The van der Waals surface area contributed by atoms with E-state index in [4.69, 9.17) is 16.3 Å². The lowest BCUT2D eigenvalue weighted by molar-refractivity contribution is 0.138. The molecule has 0 aromatic carbocycles. The molecule has 1 unspecified atom stereocenters. The number of hydrogen-bond acceptors (Lipinski definition) is 6. The summed E-state index contributed by atoms with van der Waals surface area (Å²) in [7, 11) is 1.73. The van der Waals surface area contributed by atoms with Gasteiger partial charge in [0, 0.05) is 26.2 Å². The van der Waals surface area contributed by atoms with Crippen molar-refractivity contribution in [3.63, 3.8) is 0 Å². The Bertz CT molecular complexity index is 357. The predicted molar refractivity (Wildman–Crippen MR) is 73.1 cm³/mol. The van der Waals surface area contributed by atoms with Gasteiger partial charge in [-0.25, -0.2) is 0 Å². The average molecular weight is 291 g/mol. The average Bonchev–Trinajstić information content (AvgIpc) is 2.98. The molecule has 1 fully saturated rings. The van der Waals surface area contributed by atoms with Gasteiger partial charge in [-0.15, -0.1) is 10.2 Å².